The second kappa shape index (κ2) is 15.4. The summed E-state index contributed by atoms with van der Waals surface area (Å²) in [7, 11) is 0. The van der Waals surface area contributed by atoms with Gasteiger partial charge < -0.3 is 26.2 Å². The number of rotatable bonds is 15. The average molecular weight is 554 g/mol. The summed E-state index contributed by atoms with van der Waals surface area (Å²) in [5, 5.41) is 14.6. The summed E-state index contributed by atoms with van der Waals surface area (Å²) in [5.74, 6) is 6.16. The van der Waals surface area contributed by atoms with Crippen molar-refractivity contribution in [1.82, 2.24) is 10.6 Å². The topological polar surface area (TPSA) is 148 Å². The highest BCUT2D eigenvalue weighted by molar-refractivity contribution is 5.92. The van der Waals surface area contributed by atoms with Gasteiger partial charge in [0.05, 0.1) is 31.6 Å². The molecule has 5 atom stereocenters. The van der Waals surface area contributed by atoms with Crippen LogP contribution in [0.1, 0.15) is 69.9 Å². The maximum absolute atomic E-state index is 13.3. The number of aliphatic hydroxyl groups excluding tert-OH is 1. The van der Waals surface area contributed by atoms with Crippen LogP contribution < -0.4 is 16.4 Å². The Balaban J connectivity index is 1.56. The lowest BCUT2D eigenvalue weighted by Crippen LogP contribution is -2.46. The van der Waals surface area contributed by atoms with Crippen molar-refractivity contribution in [2.45, 2.75) is 77.9 Å². The Kier molecular flexibility index (Phi) is 12.0. The van der Waals surface area contributed by atoms with Crippen LogP contribution in [0.4, 0.5) is 4.79 Å². The third-order valence-electron chi connectivity index (χ3n) is 8.06. The molecule has 0 radical (unpaired) electrons. The van der Waals surface area contributed by atoms with Crippen molar-refractivity contribution >= 4 is 23.7 Å². The summed E-state index contributed by atoms with van der Waals surface area (Å²) < 4.78 is 5.63. The molecule has 1 unspecified atom stereocenters. The van der Waals surface area contributed by atoms with Gasteiger partial charge in [-0.15, -0.1) is 11.8 Å². The monoisotopic (exact) mass is 553 g/mol. The van der Waals surface area contributed by atoms with Gasteiger partial charge in [-0.3, -0.25) is 14.4 Å². The lowest BCUT2D eigenvalue weighted by atomic mass is 9.90. The molecule has 0 bridgehead atoms. The van der Waals surface area contributed by atoms with Gasteiger partial charge in [0.15, 0.2) is 5.78 Å². The smallest absolute Gasteiger partial charge is 0.312 e. The maximum Gasteiger partial charge on any atom is 0.312 e. The molecule has 2 aliphatic carbocycles. The van der Waals surface area contributed by atoms with Crippen LogP contribution in [0.5, 0.6) is 0 Å². The van der Waals surface area contributed by atoms with Crippen LogP contribution in [0.15, 0.2) is 24.3 Å². The normalized spacial score (nSPS) is 20.9. The first-order valence-corrected chi connectivity index (χ1v) is 14.4. The van der Waals surface area contributed by atoms with Gasteiger partial charge >= 0.3 is 12.0 Å². The highest BCUT2D eigenvalue weighted by Gasteiger charge is 2.49. The molecule has 218 valence electrons. The van der Waals surface area contributed by atoms with E-state index in [0.717, 1.165) is 36.8 Å². The molecule has 1 aromatic rings. The molecule has 0 heterocycles. The summed E-state index contributed by atoms with van der Waals surface area (Å²) in [6, 6.07) is 5.61. The summed E-state index contributed by atoms with van der Waals surface area (Å²) in [4.78, 5) is 50.4. The summed E-state index contributed by atoms with van der Waals surface area (Å²) >= 11 is 0. The first-order chi connectivity index (χ1) is 19.2. The molecule has 9 heteroatoms. The van der Waals surface area contributed by atoms with Gasteiger partial charge in [-0.1, -0.05) is 38.1 Å². The standard InChI is InChI=1S/C31H43N3O6/c1-20(2)25(17-29(37)40-19-26-23-8-5-3-4-6-9-24(23)26)30(38)34-27(10-7-15-33-31(32)39)28(36)16-21-11-13-22(18-35)14-12-21/h11-14,20,23-27,35H,5-10,15-19H2,1-2H3,(H,34,38)(H3,32,33,39)/t23-,24+,25-,26?,27-/m0/s1. The third kappa shape index (κ3) is 9.67. The fourth-order valence-electron chi connectivity index (χ4n) is 5.54. The van der Waals surface area contributed by atoms with E-state index in [-0.39, 0.29) is 43.6 Å². The predicted octanol–water partition coefficient (Wildman–Crippen LogP) is 2.87. The first kappa shape index (κ1) is 31.2. The number of hydrogen-bond donors (Lipinski definition) is 4. The van der Waals surface area contributed by atoms with Crippen LogP contribution in [-0.2, 0) is 32.1 Å². The first-order valence-electron chi connectivity index (χ1n) is 14.4. The zero-order valence-corrected chi connectivity index (χ0v) is 23.6. The van der Waals surface area contributed by atoms with Crippen LogP contribution in [0.2, 0.25) is 0 Å². The van der Waals surface area contributed by atoms with Crippen molar-refractivity contribution in [3.05, 3.63) is 35.4 Å². The molecule has 2 aliphatic rings. The van der Waals surface area contributed by atoms with Crippen molar-refractivity contribution in [3.63, 3.8) is 0 Å². The number of Topliss-reactive ketones (excluding diaryl/α,β-unsaturated/α-hetero) is 1. The SMILES string of the molecule is CC(C)[C@H](CC(=O)OCC1[C@H]2CCC#CCC[C@@H]12)C(=O)N[C@@H](CCCNC(N)=O)C(=O)Cc1ccc(CO)cc1. The van der Waals surface area contributed by atoms with Crippen molar-refractivity contribution in [2.75, 3.05) is 13.2 Å². The largest absolute Gasteiger partial charge is 0.465 e. The van der Waals surface area contributed by atoms with Crippen LogP contribution in [0, 0.1) is 41.4 Å². The van der Waals surface area contributed by atoms with E-state index in [0.29, 0.717) is 37.2 Å². The Bertz CT molecular complexity index is 1070. The molecule has 1 aromatic carbocycles. The third-order valence-corrected chi connectivity index (χ3v) is 8.06. The number of fused-ring (bicyclic) bond motifs is 1. The lowest BCUT2D eigenvalue weighted by Gasteiger charge is -2.24. The second-order valence-electron chi connectivity index (χ2n) is 11.3. The number of urea groups is 1. The van der Waals surface area contributed by atoms with Crippen molar-refractivity contribution in [2.24, 2.45) is 35.3 Å². The van der Waals surface area contributed by atoms with Crippen LogP contribution in [0.25, 0.3) is 0 Å². The Labute approximate surface area is 237 Å². The van der Waals surface area contributed by atoms with Gasteiger partial charge in [-0.2, -0.15) is 0 Å². The van der Waals surface area contributed by atoms with Crippen LogP contribution in [-0.4, -0.2) is 48.0 Å². The number of carbonyl (C=O) groups is 4. The number of esters is 1. The van der Waals surface area contributed by atoms with Gasteiger partial charge in [-0.25, -0.2) is 4.79 Å². The van der Waals surface area contributed by atoms with Crippen LogP contribution in [0.3, 0.4) is 0 Å². The van der Waals surface area contributed by atoms with Crippen molar-refractivity contribution < 1.29 is 29.0 Å². The number of aliphatic hydroxyl groups is 1. The highest BCUT2D eigenvalue weighted by Crippen LogP contribution is 2.52. The quantitative estimate of drug-likeness (QED) is 0.149. The fraction of sp³-hybridized carbons (Fsp3) is 0.613. The molecule has 3 amide bonds. The molecular formula is C31H43N3O6. The van der Waals surface area contributed by atoms with E-state index in [1.165, 1.54) is 0 Å². The molecule has 0 saturated heterocycles. The van der Waals surface area contributed by atoms with E-state index in [2.05, 4.69) is 22.5 Å². The molecule has 1 saturated carbocycles. The zero-order valence-electron chi connectivity index (χ0n) is 23.6. The van der Waals surface area contributed by atoms with Gasteiger partial charge in [0.1, 0.15) is 0 Å². The molecule has 1 fully saturated rings. The molecular weight excluding hydrogens is 510 g/mol. The molecule has 9 nitrogen and oxygen atoms in total. The minimum Gasteiger partial charge on any atom is -0.465 e. The minimum absolute atomic E-state index is 0.0541. The number of carbonyl (C=O) groups excluding carboxylic acids is 4. The Morgan fingerprint density at radius 3 is 2.25 bits per heavy atom. The van der Waals surface area contributed by atoms with E-state index < -0.39 is 24.0 Å². The molecule has 0 spiro atoms. The van der Waals surface area contributed by atoms with Gasteiger partial charge in [0, 0.05) is 25.8 Å². The zero-order chi connectivity index (χ0) is 29.1. The summed E-state index contributed by atoms with van der Waals surface area (Å²) in [6.45, 7) is 4.31. The number of benzene rings is 1. The molecule has 0 aromatic heterocycles. The van der Waals surface area contributed by atoms with Gasteiger partial charge in [0.2, 0.25) is 5.91 Å². The van der Waals surface area contributed by atoms with Crippen LogP contribution >= 0.6 is 0 Å². The van der Waals surface area contributed by atoms with E-state index in [1.807, 2.05) is 13.8 Å². The maximum atomic E-state index is 13.3. The number of nitrogens with one attached hydrogen (secondary N) is 2. The summed E-state index contributed by atoms with van der Waals surface area (Å²) in [5.41, 5.74) is 6.64. The highest BCUT2D eigenvalue weighted by atomic mass is 16.5. The number of ether oxygens (including phenoxy) is 1. The lowest BCUT2D eigenvalue weighted by molar-refractivity contribution is -0.148. The molecule has 40 heavy (non-hydrogen) atoms. The van der Waals surface area contributed by atoms with E-state index in [1.54, 1.807) is 24.3 Å². The number of nitrogens with two attached hydrogens (primary N) is 1. The number of ketones is 1. The summed E-state index contributed by atoms with van der Waals surface area (Å²) in [6.07, 6.45) is 4.68. The Hall–Kier alpha value is -3.38. The van der Waals surface area contributed by atoms with E-state index in [9.17, 15) is 24.3 Å². The van der Waals surface area contributed by atoms with E-state index >= 15 is 0 Å². The number of hydrogen-bond acceptors (Lipinski definition) is 6. The van der Waals surface area contributed by atoms with Gasteiger partial charge in [0.25, 0.3) is 0 Å². The van der Waals surface area contributed by atoms with Crippen molar-refractivity contribution in [1.29, 1.82) is 0 Å². The van der Waals surface area contributed by atoms with E-state index in [4.69, 9.17) is 10.5 Å². The van der Waals surface area contributed by atoms with Crippen molar-refractivity contribution in [3.8, 4) is 11.8 Å². The second-order valence-corrected chi connectivity index (χ2v) is 11.3. The molecule has 0 aliphatic heterocycles. The minimum atomic E-state index is -0.790. The van der Waals surface area contributed by atoms with Gasteiger partial charge in [-0.05, 0) is 60.5 Å². The number of amides is 3. The molecule has 3 rings (SSSR count). The fourth-order valence-corrected chi connectivity index (χ4v) is 5.54. The Morgan fingerprint density at radius 2 is 1.68 bits per heavy atom. The predicted molar refractivity (Wildman–Crippen MR) is 150 cm³/mol. The Morgan fingerprint density at radius 1 is 1.05 bits per heavy atom. The average Bonchev–Trinajstić information content (AvgIpc) is 3.56. The number of primary amides is 1. The molecule has 5 N–H and O–H groups in total.